The van der Waals surface area contributed by atoms with Gasteiger partial charge in [-0.15, -0.1) is 0 Å². The first-order chi connectivity index (χ1) is 7.90. The summed E-state index contributed by atoms with van der Waals surface area (Å²) in [5, 5.41) is 9.26. The predicted octanol–water partition coefficient (Wildman–Crippen LogP) is 2.13. The molecule has 1 aliphatic rings. The number of hydrogen-bond acceptors (Lipinski definition) is 2. The fourth-order valence-electron chi connectivity index (χ4n) is 3.04. The van der Waals surface area contributed by atoms with Gasteiger partial charge in [0.25, 0.3) is 0 Å². The monoisotopic (exact) mass is 241 g/mol. The first-order valence-electron chi connectivity index (χ1n) is 6.44. The number of rotatable bonds is 4. The van der Waals surface area contributed by atoms with Gasteiger partial charge in [0.1, 0.15) is 0 Å². The maximum atomic E-state index is 12.0. The largest absolute Gasteiger partial charge is 0.481 e. The highest BCUT2D eigenvalue weighted by Gasteiger charge is 2.42. The Kier molecular flexibility index (Phi) is 4.54. The highest BCUT2D eigenvalue weighted by Crippen LogP contribution is 2.32. The van der Waals surface area contributed by atoms with Crippen LogP contribution < -0.4 is 0 Å². The average Bonchev–Trinajstić information content (AvgIpc) is 2.15. The third kappa shape index (κ3) is 2.79. The molecule has 1 saturated heterocycles. The number of amides is 1. The van der Waals surface area contributed by atoms with E-state index < -0.39 is 11.9 Å². The molecule has 1 aliphatic heterocycles. The van der Waals surface area contributed by atoms with Gasteiger partial charge in [0.05, 0.1) is 5.92 Å². The number of aliphatic carboxylic acids is 1. The average molecular weight is 241 g/mol. The van der Waals surface area contributed by atoms with Gasteiger partial charge in [-0.05, 0) is 26.2 Å². The van der Waals surface area contributed by atoms with E-state index in [1.165, 1.54) is 0 Å². The zero-order valence-electron chi connectivity index (χ0n) is 11.1. The van der Waals surface area contributed by atoms with Crippen molar-refractivity contribution in [2.75, 3.05) is 0 Å². The first kappa shape index (κ1) is 14.0. The minimum Gasteiger partial charge on any atom is -0.481 e. The summed E-state index contributed by atoms with van der Waals surface area (Å²) in [5.74, 6) is -1.19. The Morgan fingerprint density at radius 1 is 1.53 bits per heavy atom. The molecule has 4 heteroatoms. The van der Waals surface area contributed by atoms with Crippen molar-refractivity contribution in [3.63, 3.8) is 0 Å². The summed E-state index contributed by atoms with van der Waals surface area (Å²) in [4.78, 5) is 25.1. The topological polar surface area (TPSA) is 57.6 Å². The minimum atomic E-state index is -0.786. The van der Waals surface area contributed by atoms with Gasteiger partial charge in [0, 0.05) is 18.5 Å². The highest BCUT2D eigenvalue weighted by atomic mass is 16.4. The molecule has 0 spiro atoms. The fraction of sp³-hybridized carbons (Fsp3) is 0.846. The summed E-state index contributed by atoms with van der Waals surface area (Å²) in [6.07, 6.45) is 2.29. The summed E-state index contributed by atoms with van der Waals surface area (Å²) in [6, 6.07) is -0.0675. The van der Waals surface area contributed by atoms with Crippen LogP contribution in [-0.4, -0.2) is 34.0 Å². The van der Waals surface area contributed by atoms with Crippen molar-refractivity contribution in [2.24, 2.45) is 11.8 Å². The van der Waals surface area contributed by atoms with Crippen LogP contribution in [0.15, 0.2) is 0 Å². The van der Waals surface area contributed by atoms with E-state index in [-0.39, 0.29) is 23.9 Å². The lowest BCUT2D eigenvalue weighted by Gasteiger charge is -2.44. The third-order valence-electron chi connectivity index (χ3n) is 3.82. The zero-order valence-corrected chi connectivity index (χ0v) is 11.1. The number of nitrogens with zero attached hydrogens (tertiary/aromatic N) is 1. The summed E-state index contributed by atoms with van der Waals surface area (Å²) < 4.78 is 0. The maximum absolute atomic E-state index is 12.0. The van der Waals surface area contributed by atoms with Crippen molar-refractivity contribution < 1.29 is 14.7 Å². The molecule has 1 rings (SSSR count). The molecule has 0 aliphatic carbocycles. The van der Waals surface area contributed by atoms with E-state index in [2.05, 4.69) is 6.92 Å². The van der Waals surface area contributed by atoms with Crippen LogP contribution in [0.5, 0.6) is 0 Å². The normalized spacial score (nSPS) is 31.4. The molecule has 0 aromatic rings. The van der Waals surface area contributed by atoms with E-state index in [9.17, 15) is 14.7 Å². The Hall–Kier alpha value is -1.06. The van der Waals surface area contributed by atoms with Crippen LogP contribution in [0.2, 0.25) is 0 Å². The maximum Gasteiger partial charge on any atom is 0.308 e. The van der Waals surface area contributed by atoms with Crippen LogP contribution in [0.25, 0.3) is 0 Å². The molecule has 0 aromatic carbocycles. The number of likely N-dealkylation sites (tertiary alicyclic amines) is 1. The molecule has 1 amide bonds. The van der Waals surface area contributed by atoms with Crippen molar-refractivity contribution in [3.8, 4) is 0 Å². The van der Waals surface area contributed by atoms with E-state index in [0.717, 1.165) is 12.8 Å². The van der Waals surface area contributed by atoms with Crippen molar-refractivity contribution in [1.29, 1.82) is 0 Å². The van der Waals surface area contributed by atoms with Gasteiger partial charge in [-0.3, -0.25) is 9.59 Å². The Balaban J connectivity index is 2.89. The molecule has 98 valence electrons. The van der Waals surface area contributed by atoms with Crippen LogP contribution in [0, 0.1) is 11.8 Å². The van der Waals surface area contributed by atoms with E-state index in [1.54, 1.807) is 4.90 Å². The molecule has 4 atom stereocenters. The molecule has 17 heavy (non-hydrogen) atoms. The van der Waals surface area contributed by atoms with Crippen molar-refractivity contribution in [1.82, 2.24) is 4.90 Å². The molecular weight excluding hydrogens is 218 g/mol. The Bertz CT molecular complexity index is 303. The number of carbonyl (C=O) groups excluding carboxylic acids is 1. The van der Waals surface area contributed by atoms with Crippen LogP contribution in [0.4, 0.5) is 0 Å². The van der Waals surface area contributed by atoms with Crippen molar-refractivity contribution in [2.45, 2.75) is 59.0 Å². The lowest BCUT2D eigenvalue weighted by atomic mass is 9.80. The van der Waals surface area contributed by atoms with Crippen LogP contribution in [0.1, 0.15) is 47.0 Å². The fourth-order valence-corrected chi connectivity index (χ4v) is 3.04. The quantitative estimate of drug-likeness (QED) is 0.820. The van der Waals surface area contributed by atoms with Gasteiger partial charge in [0.15, 0.2) is 0 Å². The minimum absolute atomic E-state index is 0.0694. The molecule has 1 N–H and O–H groups in total. The van der Waals surface area contributed by atoms with Crippen molar-refractivity contribution in [3.05, 3.63) is 0 Å². The number of carboxylic acid groups (broad SMARTS) is 1. The molecule has 0 bridgehead atoms. The number of piperidine rings is 1. The van der Waals surface area contributed by atoms with Gasteiger partial charge in [-0.2, -0.15) is 0 Å². The van der Waals surface area contributed by atoms with E-state index in [4.69, 9.17) is 0 Å². The highest BCUT2D eigenvalue weighted by molar-refractivity contribution is 5.82. The second-order valence-electron chi connectivity index (χ2n) is 5.22. The molecule has 1 heterocycles. The summed E-state index contributed by atoms with van der Waals surface area (Å²) in [7, 11) is 0. The lowest BCUT2D eigenvalue weighted by molar-refractivity contribution is -0.156. The zero-order chi connectivity index (χ0) is 13.2. The lowest BCUT2D eigenvalue weighted by Crippen LogP contribution is -2.55. The standard InChI is InChI=1S/C13H23NO3/c1-5-6-9(3)14-10(4)12(13(16)17)8(2)7-11(14)15/h8-10,12H,5-7H2,1-4H3,(H,16,17). The summed E-state index contributed by atoms with van der Waals surface area (Å²) >= 11 is 0. The van der Waals surface area contributed by atoms with Gasteiger partial charge >= 0.3 is 5.97 Å². The second-order valence-corrected chi connectivity index (χ2v) is 5.22. The van der Waals surface area contributed by atoms with Crippen LogP contribution >= 0.6 is 0 Å². The van der Waals surface area contributed by atoms with Gasteiger partial charge in [-0.25, -0.2) is 0 Å². The van der Waals surface area contributed by atoms with E-state index >= 15 is 0 Å². The first-order valence-corrected chi connectivity index (χ1v) is 6.44. The smallest absolute Gasteiger partial charge is 0.308 e. The number of hydrogen-bond donors (Lipinski definition) is 1. The predicted molar refractivity (Wildman–Crippen MR) is 65.6 cm³/mol. The van der Waals surface area contributed by atoms with Gasteiger partial charge in [-0.1, -0.05) is 20.3 Å². The molecular formula is C13H23NO3. The van der Waals surface area contributed by atoms with Crippen molar-refractivity contribution >= 4 is 11.9 Å². The molecule has 4 nitrogen and oxygen atoms in total. The molecule has 0 saturated carbocycles. The molecule has 4 unspecified atom stereocenters. The molecule has 0 aromatic heterocycles. The Morgan fingerprint density at radius 3 is 2.59 bits per heavy atom. The summed E-state index contributed by atoms with van der Waals surface area (Å²) in [6.45, 7) is 7.80. The van der Waals surface area contributed by atoms with Crippen LogP contribution in [0.3, 0.4) is 0 Å². The van der Waals surface area contributed by atoms with E-state index in [0.29, 0.717) is 6.42 Å². The summed E-state index contributed by atoms with van der Waals surface area (Å²) in [5.41, 5.74) is 0. The Morgan fingerprint density at radius 2 is 2.12 bits per heavy atom. The number of carboxylic acids is 1. The SMILES string of the molecule is CCCC(C)N1C(=O)CC(C)C(C(=O)O)C1C. The number of carbonyl (C=O) groups is 2. The van der Waals surface area contributed by atoms with Gasteiger partial charge < -0.3 is 10.0 Å². The van der Waals surface area contributed by atoms with Crippen LogP contribution in [-0.2, 0) is 9.59 Å². The third-order valence-corrected chi connectivity index (χ3v) is 3.82. The Labute approximate surface area is 103 Å². The molecule has 0 radical (unpaired) electrons. The van der Waals surface area contributed by atoms with Gasteiger partial charge in [0.2, 0.25) is 5.91 Å². The van der Waals surface area contributed by atoms with E-state index in [1.807, 2.05) is 20.8 Å². The second kappa shape index (κ2) is 5.52. The molecule has 1 fully saturated rings.